The number of H-pyrrole nitrogens is 1. The molecule has 0 amide bonds. The van der Waals surface area contributed by atoms with E-state index in [0.717, 1.165) is 40.1 Å². The molecule has 0 unspecified atom stereocenters. The van der Waals surface area contributed by atoms with Crippen molar-refractivity contribution < 1.29 is 4.74 Å². The number of methoxy groups -OCH3 is 1. The maximum absolute atomic E-state index is 9.19. The minimum atomic E-state index is 0.642. The number of nitrogens with one attached hydrogen (secondary N) is 2. The smallest absolute Gasteiger partial charge is 0.101 e. The Labute approximate surface area is 134 Å². The van der Waals surface area contributed by atoms with Gasteiger partial charge in [0, 0.05) is 30.8 Å². The van der Waals surface area contributed by atoms with Crippen molar-refractivity contribution >= 4 is 16.6 Å². The van der Waals surface area contributed by atoms with E-state index in [1.165, 1.54) is 0 Å². The van der Waals surface area contributed by atoms with Gasteiger partial charge in [0.25, 0.3) is 0 Å². The number of aromatic nitrogens is 2. The first-order valence-corrected chi connectivity index (χ1v) is 7.45. The maximum Gasteiger partial charge on any atom is 0.101 e. The Morgan fingerprint density at radius 3 is 2.91 bits per heavy atom. The number of aromatic amines is 1. The highest BCUT2D eigenvalue weighted by Crippen LogP contribution is 2.30. The molecule has 5 heteroatoms. The molecule has 2 heterocycles. The number of aryl methyl sites for hydroxylation is 1. The number of ether oxygens (including phenoxy) is 1. The Morgan fingerprint density at radius 1 is 1.30 bits per heavy atom. The average molecular weight is 306 g/mol. The van der Waals surface area contributed by atoms with Crippen LogP contribution < -0.4 is 5.32 Å². The molecule has 0 aliphatic rings. The van der Waals surface area contributed by atoms with Crippen molar-refractivity contribution in [3.63, 3.8) is 0 Å². The van der Waals surface area contributed by atoms with Gasteiger partial charge in [0.2, 0.25) is 0 Å². The van der Waals surface area contributed by atoms with Crippen LogP contribution in [0, 0.1) is 18.3 Å². The van der Waals surface area contributed by atoms with E-state index in [1.54, 1.807) is 7.11 Å². The number of nitriles is 1. The number of benzene rings is 1. The van der Waals surface area contributed by atoms with E-state index in [1.807, 2.05) is 43.5 Å². The molecule has 0 saturated carbocycles. The Balaban J connectivity index is 1.97. The molecule has 0 saturated heterocycles. The van der Waals surface area contributed by atoms with E-state index >= 15 is 0 Å². The van der Waals surface area contributed by atoms with Gasteiger partial charge in [-0.25, -0.2) is 0 Å². The SMILES string of the molecule is COCCNc1ccc(-c2c[nH]c3c(C#N)cccc23)nc1C. The first-order chi connectivity index (χ1) is 11.2. The van der Waals surface area contributed by atoms with Crippen molar-refractivity contribution in [1.29, 1.82) is 5.26 Å². The van der Waals surface area contributed by atoms with Crippen LogP contribution in [0.2, 0.25) is 0 Å². The Kier molecular flexibility index (Phi) is 4.26. The van der Waals surface area contributed by atoms with Gasteiger partial charge in [0.15, 0.2) is 0 Å². The first-order valence-electron chi connectivity index (χ1n) is 7.45. The fourth-order valence-corrected chi connectivity index (χ4v) is 2.65. The molecular formula is C18H18N4O. The van der Waals surface area contributed by atoms with E-state index < -0.39 is 0 Å². The third kappa shape index (κ3) is 2.89. The van der Waals surface area contributed by atoms with Crippen molar-refractivity contribution in [1.82, 2.24) is 9.97 Å². The van der Waals surface area contributed by atoms with E-state index in [0.29, 0.717) is 12.2 Å². The summed E-state index contributed by atoms with van der Waals surface area (Å²) in [6, 6.07) is 11.9. The zero-order valence-electron chi connectivity index (χ0n) is 13.2. The van der Waals surface area contributed by atoms with Crippen molar-refractivity contribution in [3.05, 3.63) is 47.8 Å². The first kappa shape index (κ1) is 15.1. The second-order valence-corrected chi connectivity index (χ2v) is 5.29. The lowest BCUT2D eigenvalue weighted by molar-refractivity contribution is 0.211. The zero-order chi connectivity index (χ0) is 16.2. The van der Waals surface area contributed by atoms with E-state index in [2.05, 4.69) is 16.4 Å². The molecule has 23 heavy (non-hydrogen) atoms. The van der Waals surface area contributed by atoms with Gasteiger partial charge in [0.05, 0.1) is 34.8 Å². The molecule has 0 aliphatic carbocycles. The Bertz CT molecular complexity index is 876. The minimum absolute atomic E-state index is 0.642. The van der Waals surface area contributed by atoms with Crippen LogP contribution in [0.4, 0.5) is 5.69 Å². The summed E-state index contributed by atoms with van der Waals surface area (Å²) in [5.41, 5.74) is 5.33. The summed E-state index contributed by atoms with van der Waals surface area (Å²) in [6.07, 6.45) is 1.91. The lowest BCUT2D eigenvalue weighted by atomic mass is 10.1. The molecule has 2 N–H and O–H groups in total. The Morgan fingerprint density at radius 2 is 2.17 bits per heavy atom. The van der Waals surface area contributed by atoms with Crippen LogP contribution in [0.15, 0.2) is 36.5 Å². The molecule has 116 valence electrons. The lowest BCUT2D eigenvalue weighted by Gasteiger charge is -2.10. The van der Waals surface area contributed by atoms with Gasteiger partial charge in [-0.3, -0.25) is 4.98 Å². The minimum Gasteiger partial charge on any atom is -0.383 e. The topological polar surface area (TPSA) is 73.7 Å². The number of fused-ring (bicyclic) bond motifs is 1. The molecule has 0 bridgehead atoms. The predicted octanol–water partition coefficient (Wildman–Crippen LogP) is 3.47. The highest BCUT2D eigenvalue weighted by Gasteiger charge is 2.11. The number of hydrogen-bond acceptors (Lipinski definition) is 4. The van der Waals surface area contributed by atoms with Crippen molar-refractivity contribution in [3.8, 4) is 17.3 Å². The summed E-state index contributed by atoms with van der Waals surface area (Å²) >= 11 is 0. The van der Waals surface area contributed by atoms with Crippen LogP contribution in [0.1, 0.15) is 11.3 Å². The monoisotopic (exact) mass is 306 g/mol. The van der Waals surface area contributed by atoms with Gasteiger partial charge < -0.3 is 15.0 Å². The third-order valence-corrected chi connectivity index (χ3v) is 3.82. The molecule has 0 spiro atoms. The summed E-state index contributed by atoms with van der Waals surface area (Å²) in [6.45, 7) is 3.38. The van der Waals surface area contributed by atoms with Gasteiger partial charge in [-0.2, -0.15) is 5.26 Å². The Hall–Kier alpha value is -2.84. The molecule has 3 rings (SSSR count). The largest absolute Gasteiger partial charge is 0.383 e. The second kappa shape index (κ2) is 6.51. The highest BCUT2D eigenvalue weighted by molar-refractivity contribution is 5.97. The number of rotatable bonds is 5. The summed E-state index contributed by atoms with van der Waals surface area (Å²) < 4.78 is 5.04. The molecule has 2 aromatic heterocycles. The fourth-order valence-electron chi connectivity index (χ4n) is 2.65. The standard InChI is InChI=1S/C18H18N4O/c1-12-16(20-8-9-23-2)6-7-17(22-12)15-11-21-18-13(10-19)4-3-5-14(15)18/h3-7,11,20-21H,8-9H2,1-2H3. The molecule has 3 aromatic rings. The van der Waals surface area contributed by atoms with Gasteiger partial charge in [-0.05, 0) is 25.1 Å². The van der Waals surface area contributed by atoms with Gasteiger partial charge in [0.1, 0.15) is 6.07 Å². The third-order valence-electron chi connectivity index (χ3n) is 3.82. The summed E-state index contributed by atoms with van der Waals surface area (Å²) in [7, 11) is 1.68. The number of pyridine rings is 1. The molecule has 0 atom stereocenters. The molecule has 0 fully saturated rings. The number of para-hydroxylation sites is 1. The summed E-state index contributed by atoms with van der Waals surface area (Å²) in [5, 5.41) is 13.5. The van der Waals surface area contributed by atoms with E-state index in [9.17, 15) is 5.26 Å². The second-order valence-electron chi connectivity index (χ2n) is 5.29. The quantitative estimate of drug-likeness (QED) is 0.708. The predicted molar refractivity (Wildman–Crippen MR) is 91.3 cm³/mol. The van der Waals surface area contributed by atoms with Gasteiger partial charge in [-0.15, -0.1) is 0 Å². The average Bonchev–Trinajstić information content (AvgIpc) is 3.00. The van der Waals surface area contributed by atoms with Crippen LogP contribution in [0.25, 0.3) is 22.2 Å². The molecular weight excluding hydrogens is 288 g/mol. The van der Waals surface area contributed by atoms with Gasteiger partial charge >= 0.3 is 0 Å². The molecule has 0 aliphatic heterocycles. The number of anilines is 1. The fraction of sp³-hybridized carbons (Fsp3) is 0.222. The maximum atomic E-state index is 9.19. The molecule has 1 aromatic carbocycles. The number of nitrogens with zero attached hydrogens (tertiary/aromatic N) is 2. The van der Waals surface area contributed by atoms with Crippen LogP contribution in [0.3, 0.4) is 0 Å². The van der Waals surface area contributed by atoms with E-state index in [-0.39, 0.29) is 0 Å². The van der Waals surface area contributed by atoms with Crippen molar-refractivity contribution in [2.24, 2.45) is 0 Å². The van der Waals surface area contributed by atoms with Crippen LogP contribution in [0.5, 0.6) is 0 Å². The summed E-state index contributed by atoms with van der Waals surface area (Å²) in [4.78, 5) is 7.88. The van der Waals surface area contributed by atoms with Crippen LogP contribution in [-0.2, 0) is 4.74 Å². The lowest BCUT2D eigenvalue weighted by Crippen LogP contribution is -2.09. The molecule has 5 nitrogen and oxygen atoms in total. The van der Waals surface area contributed by atoms with E-state index in [4.69, 9.17) is 9.72 Å². The van der Waals surface area contributed by atoms with Crippen molar-refractivity contribution in [2.75, 3.05) is 25.6 Å². The highest BCUT2D eigenvalue weighted by atomic mass is 16.5. The number of hydrogen-bond donors (Lipinski definition) is 2. The normalized spacial score (nSPS) is 10.7. The van der Waals surface area contributed by atoms with Crippen LogP contribution in [-0.4, -0.2) is 30.2 Å². The summed E-state index contributed by atoms with van der Waals surface area (Å²) in [5.74, 6) is 0. The van der Waals surface area contributed by atoms with Gasteiger partial charge in [-0.1, -0.05) is 12.1 Å². The molecule has 0 radical (unpaired) electrons. The van der Waals surface area contributed by atoms with Crippen LogP contribution >= 0.6 is 0 Å². The zero-order valence-corrected chi connectivity index (χ0v) is 13.2. The van der Waals surface area contributed by atoms with Crippen molar-refractivity contribution in [2.45, 2.75) is 6.92 Å².